The highest BCUT2D eigenvalue weighted by atomic mass is 16.4. The van der Waals surface area contributed by atoms with E-state index in [1.165, 1.54) is 9.80 Å². The average Bonchev–Trinajstić information content (AvgIpc) is 3.59. The van der Waals surface area contributed by atoms with E-state index < -0.39 is 53.9 Å². The fourth-order valence-corrected chi connectivity index (χ4v) is 5.05. The summed E-state index contributed by atoms with van der Waals surface area (Å²) in [6.45, 7) is 4.72. The highest BCUT2D eigenvalue weighted by Crippen LogP contribution is 2.26. The Morgan fingerprint density at radius 3 is 2.21 bits per heavy atom. The largest absolute Gasteiger partial charge is 0.481 e. The first-order chi connectivity index (χ1) is 18.5. The van der Waals surface area contributed by atoms with Gasteiger partial charge >= 0.3 is 5.97 Å². The van der Waals surface area contributed by atoms with Crippen molar-refractivity contribution in [3.63, 3.8) is 0 Å². The van der Waals surface area contributed by atoms with E-state index in [-0.39, 0.29) is 24.7 Å². The lowest BCUT2D eigenvalue weighted by Gasteiger charge is -2.32. The van der Waals surface area contributed by atoms with Gasteiger partial charge in [-0.25, -0.2) is 0 Å². The lowest BCUT2D eigenvalue weighted by molar-refractivity contribution is -0.147. The molecule has 0 radical (unpaired) electrons. The summed E-state index contributed by atoms with van der Waals surface area (Å²) in [6, 6.07) is -4.18. The minimum atomic E-state index is -1.06. The standard InChI is InChI=1S/C26H44N6O7/c1-16(2)19(15-33)30-23(36)18(7-3-4-12-27)29-24(37)20-8-5-13-31(20)26(39)21-9-6-14-32(21)25(38)17(28)10-11-22(34)35/h15-21H,3-14,27-28H2,1-2H3,(H,29,37)(H,30,36)(H,34,35)/t17-,18-,19-,20+,21+/m0/s1. The monoisotopic (exact) mass is 552 g/mol. The van der Waals surface area contributed by atoms with E-state index in [4.69, 9.17) is 16.6 Å². The van der Waals surface area contributed by atoms with Crippen LogP contribution in [0.4, 0.5) is 0 Å². The summed E-state index contributed by atoms with van der Waals surface area (Å²) in [6.07, 6.45) is 3.99. The van der Waals surface area contributed by atoms with Gasteiger partial charge in [-0.15, -0.1) is 0 Å². The zero-order valence-electron chi connectivity index (χ0n) is 23.0. The van der Waals surface area contributed by atoms with Crippen LogP contribution in [0.3, 0.4) is 0 Å². The SMILES string of the molecule is CC(C)[C@H](C=O)NC(=O)[C@H](CCCCN)NC(=O)[C@H]1CCCN1C(=O)[C@H]1CCCN1C(=O)[C@@H](N)CCC(=O)O. The molecule has 5 atom stereocenters. The molecule has 2 saturated heterocycles. The molecule has 2 heterocycles. The molecule has 2 fully saturated rings. The molecule has 0 aromatic rings. The van der Waals surface area contributed by atoms with Gasteiger partial charge in [0.05, 0.1) is 12.1 Å². The summed E-state index contributed by atoms with van der Waals surface area (Å²) in [5.41, 5.74) is 11.5. The first-order valence-electron chi connectivity index (χ1n) is 13.9. The van der Waals surface area contributed by atoms with Crippen molar-refractivity contribution in [1.29, 1.82) is 0 Å². The third kappa shape index (κ3) is 8.99. The lowest BCUT2D eigenvalue weighted by atomic mass is 10.0. The van der Waals surface area contributed by atoms with E-state index in [0.717, 1.165) is 0 Å². The van der Waals surface area contributed by atoms with Gasteiger partial charge in [-0.3, -0.25) is 24.0 Å². The second-order valence-electron chi connectivity index (χ2n) is 10.7. The number of aldehydes is 1. The predicted octanol–water partition coefficient (Wildman–Crippen LogP) is -0.886. The van der Waals surface area contributed by atoms with Gasteiger partial charge in [0.15, 0.2) is 0 Å². The van der Waals surface area contributed by atoms with Crippen molar-refractivity contribution in [2.45, 2.75) is 102 Å². The van der Waals surface area contributed by atoms with Crippen LogP contribution >= 0.6 is 0 Å². The van der Waals surface area contributed by atoms with Gasteiger partial charge in [0.1, 0.15) is 24.4 Å². The van der Waals surface area contributed by atoms with Gasteiger partial charge in [-0.05, 0) is 63.8 Å². The maximum Gasteiger partial charge on any atom is 0.303 e. The van der Waals surface area contributed by atoms with E-state index in [2.05, 4.69) is 10.6 Å². The van der Waals surface area contributed by atoms with Crippen molar-refractivity contribution < 1.29 is 33.9 Å². The molecule has 2 rings (SSSR count). The summed E-state index contributed by atoms with van der Waals surface area (Å²) in [7, 11) is 0. The first-order valence-corrected chi connectivity index (χ1v) is 13.9. The normalized spacial score (nSPS) is 21.4. The fraction of sp³-hybridized carbons (Fsp3) is 0.769. The van der Waals surface area contributed by atoms with Crippen LogP contribution in [-0.4, -0.2) is 101 Å². The molecule has 0 spiro atoms. The lowest BCUT2D eigenvalue weighted by Crippen LogP contribution is -2.57. The van der Waals surface area contributed by atoms with Gasteiger partial charge in [0.25, 0.3) is 0 Å². The van der Waals surface area contributed by atoms with Crippen LogP contribution in [0.1, 0.15) is 71.6 Å². The van der Waals surface area contributed by atoms with Crippen molar-refractivity contribution in [1.82, 2.24) is 20.4 Å². The molecule has 2 aliphatic heterocycles. The molecule has 7 N–H and O–H groups in total. The molecular weight excluding hydrogens is 508 g/mol. The number of amides is 4. The van der Waals surface area contributed by atoms with E-state index in [1.54, 1.807) is 13.8 Å². The van der Waals surface area contributed by atoms with Gasteiger partial charge < -0.3 is 41.8 Å². The number of nitrogens with zero attached hydrogens (tertiary/aromatic N) is 2. The number of rotatable bonds is 15. The number of nitrogens with one attached hydrogen (secondary N) is 2. The average molecular weight is 553 g/mol. The number of unbranched alkanes of at least 4 members (excludes halogenated alkanes) is 1. The first kappa shape index (κ1) is 32.2. The maximum atomic E-state index is 13.5. The Kier molecular flexibility index (Phi) is 12.8. The quantitative estimate of drug-likeness (QED) is 0.126. The molecule has 13 heteroatoms. The van der Waals surface area contributed by atoms with E-state index >= 15 is 0 Å². The number of hydrogen-bond donors (Lipinski definition) is 5. The highest BCUT2D eigenvalue weighted by molar-refractivity contribution is 5.95. The summed E-state index contributed by atoms with van der Waals surface area (Å²) >= 11 is 0. The molecule has 0 bridgehead atoms. The van der Waals surface area contributed by atoms with Gasteiger partial charge in [-0.2, -0.15) is 0 Å². The number of hydrogen-bond acceptors (Lipinski definition) is 8. The van der Waals surface area contributed by atoms with Crippen molar-refractivity contribution in [3.05, 3.63) is 0 Å². The van der Waals surface area contributed by atoms with Crippen LogP contribution in [0.25, 0.3) is 0 Å². The van der Waals surface area contributed by atoms with E-state index in [1.807, 2.05) is 0 Å². The third-order valence-electron chi connectivity index (χ3n) is 7.40. The van der Waals surface area contributed by atoms with Crippen LogP contribution in [-0.2, 0) is 28.8 Å². The fourth-order valence-electron chi connectivity index (χ4n) is 5.05. The number of aliphatic carboxylic acids is 1. The molecule has 2 aliphatic rings. The number of carboxylic acids is 1. The van der Waals surface area contributed by atoms with Gasteiger partial charge in [0.2, 0.25) is 23.6 Å². The molecule has 0 aromatic carbocycles. The summed E-state index contributed by atoms with van der Waals surface area (Å²) in [5, 5.41) is 14.4. The van der Waals surface area contributed by atoms with Gasteiger partial charge in [0, 0.05) is 19.5 Å². The predicted molar refractivity (Wildman–Crippen MR) is 142 cm³/mol. The Labute approximate surface area is 229 Å². The molecule has 0 aromatic heterocycles. The van der Waals surface area contributed by atoms with E-state index in [9.17, 15) is 28.8 Å². The molecule has 0 unspecified atom stereocenters. The number of carbonyl (C=O) groups excluding carboxylic acids is 5. The van der Waals surface area contributed by atoms with Crippen LogP contribution in [0.5, 0.6) is 0 Å². The Bertz CT molecular complexity index is 898. The van der Waals surface area contributed by atoms with Crippen molar-refractivity contribution in [2.75, 3.05) is 19.6 Å². The summed E-state index contributed by atoms with van der Waals surface area (Å²) < 4.78 is 0. The van der Waals surface area contributed by atoms with E-state index in [0.29, 0.717) is 70.9 Å². The van der Waals surface area contributed by atoms with Crippen molar-refractivity contribution in [2.24, 2.45) is 17.4 Å². The Hall–Kier alpha value is -3.06. The molecule has 0 aliphatic carbocycles. The second kappa shape index (κ2) is 15.5. The van der Waals surface area contributed by atoms with Crippen LogP contribution in [0, 0.1) is 5.92 Å². The van der Waals surface area contributed by atoms with Crippen LogP contribution in [0.2, 0.25) is 0 Å². The number of carboxylic acid groups (broad SMARTS) is 1. The molecule has 0 saturated carbocycles. The van der Waals surface area contributed by atoms with Crippen molar-refractivity contribution in [3.8, 4) is 0 Å². The zero-order valence-corrected chi connectivity index (χ0v) is 23.0. The molecule has 13 nitrogen and oxygen atoms in total. The minimum Gasteiger partial charge on any atom is -0.481 e. The second-order valence-corrected chi connectivity index (χ2v) is 10.7. The number of nitrogens with two attached hydrogens (primary N) is 2. The molecule has 39 heavy (non-hydrogen) atoms. The van der Waals surface area contributed by atoms with Crippen LogP contribution < -0.4 is 22.1 Å². The molecule has 220 valence electrons. The number of carbonyl (C=O) groups is 6. The van der Waals surface area contributed by atoms with Crippen LogP contribution in [0.15, 0.2) is 0 Å². The topological polar surface area (TPSA) is 205 Å². The van der Waals surface area contributed by atoms with Crippen molar-refractivity contribution >= 4 is 35.9 Å². The van der Waals surface area contributed by atoms with Gasteiger partial charge in [-0.1, -0.05) is 13.8 Å². The third-order valence-corrected chi connectivity index (χ3v) is 7.40. The smallest absolute Gasteiger partial charge is 0.303 e. The molecular formula is C26H44N6O7. The number of likely N-dealkylation sites (tertiary alicyclic amines) is 2. The Morgan fingerprint density at radius 1 is 0.974 bits per heavy atom. The minimum absolute atomic E-state index is 0.0320. The summed E-state index contributed by atoms with van der Waals surface area (Å²) in [5.74, 6) is -2.93. The summed E-state index contributed by atoms with van der Waals surface area (Å²) in [4.78, 5) is 77.9. The maximum absolute atomic E-state index is 13.5. The molecule has 4 amide bonds. The zero-order chi connectivity index (χ0) is 29.1. The Balaban J connectivity index is 2.10. The highest BCUT2D eigenvalue weighted by Gasteiger charge is 2.43. The Morgan fingerprint density at radius 2 is 1.62 bits per heavy atom.